The predicted octanol–water partition coefficient (Wildman–Crippen LogP) is 7.56. The van der Waals surface area contributed by atoms with Gasteiger partial charge in [-0.3, -0.25) is 0 Å². The summed E-state index contributed by atoms with van der Waals surface area (Å²) in [6.45, 7) is 19.9. The van der Waals surface area contributed by atoms with Crippen LogP contribution in [0.5, 0.6) is 0 Å². The zero-order valence-electron chi connectivity index (χ0n) is 15.9. The fraction of sp³-hybridized carbons (Fsp3) is 0.810. The Labute approximate surface area is 135 Å². The molecule has 1 aliphatic carbocycles. The van der Waals surface area contributed by atoms with E-state index in [4.69, 9.17) is 0 Å². The minimum absolute atomic E-state index is 0.573. The highest BCUT2D eigenvalue weighted by Crippen LogP contribution is 2.40. The van der Waals surface area contributed by atoms with E-state index >= 15 is 0 Å². The van der Waals surface area contributed by atoms with Crippen LogP contribution < -0.4 is 0 Å². The second-order valence-electron chi connectivity index (χ2n) is 6.59. The molecule has 0 bridgehead atoms. The Morgan fingerprint density at radius 1 is 1.14 bits per heavy atom. The van der Waals surface area contributed by atoms with E-state index in [-0.39, 0.29) is 0 Å². The van der Waals surface area contributed by atoms with Crippen molar-refractivity contribution in [1.82, 2.24) is 0 Å². The van der Waals surface area contributed by atoms with Crippen LogP contribution in [0.25, 0.3) is 0 Å². The van der Waals surface area contributed by atoms with Crippen LogP contribution in [0.15, 0.2) is 23.3 Å². The van der Waals surface area contributed by atoms with Gasteiger partial charge in [-0.25, -0.2) is 0 Å². The summed E-state index contributed by atoms with van der Waals surface area (Å²) in [5.41, 5.74) is 4.83. The molecule has 0 heteroatoms. The monoisotopic (exact) mass is 292 g/mol. The van der Waals surface area contributed by atoms with Gasteiger partial charge in [-0.2, -0.15) is 0 Å². The van der Waals surface area contributed by atoms with Gasteiger partial charge in [0.15, 0.2) is 0 Å². The van der Waals surface area contributed by atoms with Crippen molar-refractivity contribution in [2.75, 3.05) is 0 Å². The first kappa shape index (κ1) is 20.5. The van der Waals surface area contributed by atoms with Gasteiger partial charge in [0.1, 0.15) is 0 Å². The largest absolute Gasteiger partial charge is 0.0995 e. The maximum atomic E-state index is 4.20. The number of rotatable bonds is 6. The van der Waals surface area contributed by atoms with Crippen molar-refractivity contribution in [2.45, 2.75) is 93.4 Å². The molecule has 124 valence electrons. The minimum atomic E-state index is 0.573. The zero-order valence-corrected chi connectivity index (χ0v) is 15.9. The maximum absolute atomic E-state index is 4.20. The van der Waals surface area contributed by atoms with E-state index in [1.165, 1.54) is 50.5 Å². The third-order valence-electron chi connectivity index (χ3n) is 5.13. The molecule has 0 aromatic rings. The lowest BCUT2D eigenvalue weighted by Crippen LogP contribution is -2.21. The lowest BCUT2D eigenvalue weighted by molar-refractivity contribution is 0.285. The molecule has 0 amide bonds. The molecule has 21 heavy (non-hydrogen) atoms. The maximum Gasteiger partial charge on any atom is -0.00241 e. The van der Waals surface area contributed by atoms with E-state index in [1.807, 2.05) is 13.8 Å². The van der Waals surface area contributed by atoms with Gasteiger partial charge in [-0.1, -0.05) is 90.5 Å². The molecule has 0 saturated heterocycles. The molecule has 0 radical (unpaired) electrons. The fourth-order valence-electron chi connectivity index (χ4n) is 3.78. The first-order chi connectivity index (χ1) is 10.0. The van der Waals surface area contributed by atoms with Crippen molar-refractivity contribution < 1.29 is 0 Å². The Morgan fingerprint density at radius 2 is 1.71 bits per heavy atom. The molecule has 0 aliphatic heterocycles. The molecule has 1 rings (SSSR count). The number of allylic oxidation sites excluding steroid dienone is 3. The molecule has 0 aromatic heterocycles. The summed E-state index contributed by atoms with van der Waals surface area (Å²) >= 11 is 0. The number of hydrogen-bond acceptors (Lipinski definition) is 0. The van der Waals surface area contributed by atoms with Gasteiger partial charge in [0.05, 0.1) is 0 Å². The van der Waals surface area contributed by atoms with E-state index in [2.05, 4.69) is 41.2 Å². The van der Waals surface area contributed by atoms with Crippen molar-refractivity contribution in [3.63, 3.8) is 0 Å². The molecular weight excluding hydrogens is 252 g/mol. The highest BCUT2D eigenvalue weighted by atomic mass is 14.3. The molecular formula is C21H40. The molecule has 0 nitrogen and oxygen atoms in total. The third kappa shape index (κ3) is 6.01. The fourth-order valence-corrected chi connectivity index (χ4v) is 3.78. The first-order valence-electron chi connectivity index (χ1n) is 9.40. The van der Waals surface area contributed by atoms with Gasteiger partial charge < -0.3 is 0 Å². The summed E-state index contributed by atoms with van der Waals surface area (Å²) in [5, 5.41) is 0. The van der Waals surface area contributed by atoms with Crippen molar-refractivity contribution in [2.24, 2.45) is 17.8 Å². The Hall–Kier alpha value is -0.520. The van der Waals surface area contributed by atoms with Crippen LogP contribution in [0.2, 0.25) is 0 Å². The van der Waals surface area contributed by atoms with Crippen LogP contribution in [-0.2, 0) is 0 Å². The number of hydrogen-bond donors (Lipinski definition) is 0. The summed E-state index contributed by atoms with van der Waals surface area (Å²) in [6.07, 6.45) is 9.47. The molecule has 0 N–H and O–H groups in total. The van der Waals surface area contributed by atoms with Gasteiger partial charge in [0.25, 0.3) is 0 Å². The van der Waals surface area contributed by atoms with Crippen LogP contribution in [-0.4, -0.2) is 0 Å². The third-order valence-corrected chi connectivity index (χ3v) is 5.13. The standard InChI is InChI=1S/C19H34.C2H6/c1-7-11-19(16(6)14(3)4)17(8-2)18-13-10-9-12-15(18)5;1-2/h15-16,18H,3,7-13H2,1-2,4-6H3;1-2H3/b19-17+;. The van der Waals surface area contributed by atoms with Crippen molar-refractivity contribution in [1.29, 1.82) is 0 Å². The molecule has 0 aromatic carbocycles. The summed E-state index contributed by atoms with van der Waals surface area (Å²) < 4.78 is 0. The first-order valence-corrected chi connectivity index (χ1v) is 9.40. The van der Waals surface area contributed by atoms with Crippen molar-refractivity contribution in [3.05, 3.63) is 23.3 Å². The van der Waals surface area contributed by atoms with Crippen LogP contribution in [0.1, 0.15) is 93.4 Å². The Kier molecular flexibility index (Phi) is 10.8. The summed E-state index contributed by atoms with van der Waals surface area (Å²) in [6, 6.07) is 0. The molecule has 1 saturated carbocycles. The van der Waals surface area contributed by atoms with Gasteiger partial charge in [-0.05, 0) is 43.9 Å². The van der Waals surface area contributed by atoms with E-state index in [1.54, 1.807) is 11.1 Å². The predicted molar refractivity (Wildman–Crippen MR) is 98.7 cm³/mol. The molecule has 3 unspecified atom stereocenters. The summed E-state index contributed by atoms with van der Waals surface area (Å²) in [5.74, 6) is 2.30. The Bertz CT molecular complexity index is 321. The smallest absolute Gasteiger partial charge is 0.00241 e. The molecule has 0 spiro atoms. The molecule has 1 aliphatic rings. The highest BCUT2D eigenvalue weighted by Gasteiger charge is 2.27. The molecule has 1 fully saturated rings. The normalized spacial score (nSPS) is 24.5. The SMILES string of the molecule is C=C(C)C(C)/C(CCC)=C(\CC)C1CCCCC1C.CC. The lowest BCUT2D eigenvalue weighted by atomic mass is 9.71. The second kappa shape index (κ2) is 11.1. The second-order valence-corrected chi connectivity index (χ2v) is 6.59. The van der Waals surface area contributed by atoms with Gasteiger partial charge in [0.2, 0.25) is 0 Å². The lowest BCUT2D eigenvalue weighted by Gasteiger charge is -2.34. The molecule has 0 heterocycles. The van der Waals surface area contributed by atoms with Gasteiger partial charge in [-0.15, -0.1) is 0 Å². The quantitative estimate of drug-likeness (QED) is 0.443. The highest BCUT2D eigenvalue weighted by molar-refractivity contribution is 5.25. The van der Waals surface area contributed by atoms with Crippen LogP contribution in [0.3, 0.4) is 0 Å². The van der Waals surface area contributed by atoms with Gasteiger partial charge in [0, 0.05) is 0 Å². The van der Waals surface area contributed by atoms with E-state index < -0.39 is 0 Å². The van der Waals surface area contributed by atoms with Crippen LogP contribution >= 0.6 is 0 Å². The Balaban J connectivity index is 0.00000191. The zero-order chi connectivity index (χ0) is 16.4. The van der Waals surface area contributed by atoms with E-state index in [9.17, 15) is 0 Å². The van der Waals surface area contributed by atoms with E-state index in [0.29, 0.717) is 5.92 Å². The van der Waals surface area contributed by atoms with Crippen LogP contribution in [0.4, 0.5) is 0 Å². The van der Waals surface area contributed by atoms with Crippen molar-refractivity contribution in [3.8, 4) is 0 Å². The summed E-state index contributed by atoms with van der Waals surface area (Å²) in [7, 11) is 0. The van der Waals surface area contributed by atoms with Crippen LogP contribution in [0, 0.1) is 17.8 Å². The topological polar surface area (TPSA) is 0 Å². The Morgan fingerprint density at radius 3 is 2.14 bits per heavy atom. The molecule has 3 atom stereocenters. The van der Waals surface area contributed by atoms with E-state index in [0.717, 1.165) is 11.8 Å². The van der Waals surface area contributed by atoms with Gasteiger partial charge >= 0.3 is 0 Å². The average molecular weight is 293 g/mol. The van der Waals surface area contributed by atoms with Crippen molar-refractivity contribution >= 4 is 0 Å². The minimum Gasteiger partial charge on any atom is -0.0995 e. The summed E-state index contributed by atoms with van der Waals surface area (Å²) in [4.78, 5) is 0. The average Bonchev–Trinajstić information content (AvgIpc) is 2.50.